The lowest BCUT2D eigenvalue weighted by Gasteiger charge is -2.37. The summed E-state index contributed by atoms with van der Waals surface area (Å²) in [5.41, 5.74) is -0.781. The maximum Gasteiger partial charge on any atom is 0.339 e. The fraction of sp³-hybridized carbons (Fsp3) is 0.423. The maximum atomic E-state index is 13.1. The molecule has 1 fully saturated rings. The normalized spacial score (nSPS) is 27.8. The van der Waals surface area contributed by atoms with Crippen LogP contribution >= 0.6 is 0 Å². The summed E-state index contributed by atoms with van der Waals surface area (Å²) < 4.78 is 12.2. The highest BCUT2D eigenvalue weighted by atomic mass is 16.6. The van der Waals surface area contributed by atoms with Crippen LogP contribution in [0, 0.1) is 0 Å². The number of aliphatic imine (C=N–C) groups is 1. The van der Waals surface area contributed by atoms with Crippen LogP contribution in [0.25, 0.3) is 0 Å². The van der Waals surface area contributed by atoms with Crippen LogP contribution in [0.15, 0.2) is 65.7 Å². The Morgan fingerprint density at radius 1 is 0.906 bits per heavy atom. The smallest absolute Gasteiger partial charge is 0.339 e. The van der Waals surface area contributed by atoms with Crippen LogP contribution in [0.3, 0.4) is 0 Å². The van der Waals surface area contributed by atoms with E-state index < -0.39 is 29.3 Å². The number of hydrogen-bond donors (Lipinski definition) is 1. The van der Waals surface area contributed by atoms with Crippen molar-refractivity contribution in [2.45, 2.75) is 69.4 Å². The first-order valence-electron chi connectivity index (χ1n) is 11.0. The Balaban J connectivity index is 1.65. The van der Waals surface area contributed by atoms with Gasteiger partial charge in [0, 0.05) is 24.6 Å². The molecular weight excluding hydrogens is 404 g/mol. The number of hydrogen-bond acceptors (Lipinski definition) is 6. The van der Waals surface area contributed by atoms with E-state index in [-0.39, 0.29) is 11.5 Å². The molecule has 32 heavy (non-hydrogen) atoms. The second-order valence-corrected chi connectivity index (χ2v) is 9.98. The minimum absolute atomic E-state index is 0.307. The van der Waals surface area contributed by atoms with Gasteiger partial charge in [-0.2, -0.15) is 0 Å². The van der Waals surface area contributed by atoms with E-state index in [0.29, 0.717) is 24.0 Å². The SMILES string of the molecule is CC1(C)CC(OC(=O)c2ccccc2)(C2NC(C)(C)CC2OC(=O)c2ccccc2)C=N1. The molecular formula is C26H30N2O4. The average Bonchev–Trinajstić information content (AvgIpc) is 3.24. The zero-order valence-corrected chi connectivity index (χ0v) is 19.0. The Morgan fingerprint density at radius 2 is 1.47 bits per heavy atom. The Morgan fingerprint density at radius 3 is 2.00 bits per heavy atom. The summed E-state index contributed by atoms with van der Waals surface area (Å²) in [6, 6.07) is 17.4. The highest BCUT2D eigenvalue weighted by molar-refractivity contribution is 5.92. The van der Waals surface area contributed by atoms with Crippen LogP contribution in [0.1, 0.15) is 61.3 Å². The highest BCUT2D eigenvalue weighted by Crippen LogP contribution is 2.41. The molecule has 0 bridgehead atoms. The van der Waals surface area contributed by atoms with E-state index in [9.17, 15) is 9.59 Å². The van der Waals surface area contributed by atoms with Gasteiger partial charge in [-0.3, -0.25) is 4.99 Å². The van der Waals surface area contributed by atoms with Gasteiger partial charge >= 0.3 is 11.9 Å². The molecule has 6 heteroatoms. The lowest BCUT2D eigenvalue weighted by atomic mass is 9.84. The van der Waals surface area contributed by atoms with E-state index >= 15 is 0 Å². The summed E-state index contributed by atoms with van der Waals surface area (Å²) >= 11 is 0. The molecule has 0 radical (unpaired) electrons. The van der Waals surface area contributed by atoms with Gasteiger partial charge in [-0.25, -0.2) is 9.59 Å². The average molecular weight is 435 g/mol. The van der Waals surface area contributed by atoms with Crippen molar-refractivity contribution < 1.29 is 19.1 Å². The zero-order valence-electron chi connectivity index (χ0n) is 19.0. The molecule has 1 saturated heterocycles. The number of carbonyl (C=O) groups excluding carboxylic acids is 2. The van der Waals surface area contributed by atoms with Crippen molar-refractivity contribution in [2.24, 2.45) is 4.99 Å². The molecule has 3 unspecified atom stereocenters. The molecule has 2 aromatic carbocycles. The van der Waals surface area contributed by atoms with Gasteiger partial charge in [0.2, 0.25) is 0 Å². The monoisotopic (exact) mass is 434 g/mol. The van der Waals surface area contributed by atoms with Gasteiger partial charge in [0.05, 0.1) is 22.7 Å². The fourth-order valence-electron chi connectivity index (χ4n) is 4.69. The number of ether oxygens (including phenoxy) is 2. The molecule has 0 saturated carbocycles. The van der Waals surface area contributed by atoms with Crippen molar-refractivity contribution in [3.63, 3.8) is 0 Å². The molecule has 6 nitrogen and oxygen atoms in total. The molecule has 2 aliphatic heterocycles. The van der Waals surface area contributed by atoms with Crippen molar-refractivity contribution in [3.8, 4) is 0 Å². The Kier molecular flexibility index (Phi) is 5.67. The number of benzene rings is 2. The number of nitrogens with one attached hydrogen (secondary N) is 1. The van der Waals surface area contributed by atoms with Crippen LogP contribution in [-0.4, -0.2) is 47.0 Å². The third-order valence-electron chi connectivity index (χ3n) is 6.06. The quantitative estimate of drug-likeness (QED) is 0.714. The molecule has 2 aliphatic rings. The van der Waals surface area contributed by atoms with Gasteiger partial charge in [0.1, 0.15) is 6.10 Å². The summed E-state index contributed by atoms with van der Waals surface area (Å²) in [6.45, 7) is 8.12. The Hall–Kier alpha value is -2.99. The third-order valence-corrected chi connectivity index (χ3v) is 6.06. The van der Waals surface area contributed by atoms with E-state index in [1.165, 1.54) is 0 Å². The number of nitrogens with zero attached hydrogens (tertiary/aromatic N) is 1. The summed E-state index contributed by atoms with van der Waals surface area (Å²) in [5.74, 6) is -0.812. The summed E-state index contributed by atoms with van der Waals surface area (Å²) in [7, 11) is 0. The second kappa shape index (κ2) is 8.17. The van der Waals surface area contributed by atoms with Gasteiger partial charge in [0.15, 0.2) is 5.60 Å². The van der Waals surface area contributed by atoms with Crippen LogP contribution in [0.2, 0.25) is 0 Å². The highest BCUT2D eigenvalue weighted by Gasteiger charge is 2.57. The molecule has 2 heterocycles. The molecule has 0 amide bonds. The fourth-order valence-corrected chi connectivity index (χ4v) is 4.69. The molecule has 0 aromatic heterocycles. The summed E-state index contributed by atoms with van der Waals surface area (Å²) in [6.07, 6.45) is 2.33. The number of rotatable bonds is 5. The second-order valence-electron chi connectivity index (χ2n) is 9.98. The Labute approximate surface area is 189 Å². The topological polar surface area (TPSA) is 77.0 Å². The van der Waals surface area contributed by atoms with Crippen LogP contribution in [0.4, 0.5) is 0 Å². The molecule has 0 aliphatic carbocycles. The van der Waals surface area contributed by atoms with Gasteiger partial charge in [-0.15, -0.1) is 0 Å². The van der Waals surface area contributed by atoms with E-state index in [4.69, 9.17) is 9.47 Å². The molecule has 3 atom stereocenters. The molecule has 4 rings (SSSR count). The minimum atomic E-state index is -1.04. The van der Waals surface area contributed by atoms with Crippen molar-refractivity contribution in [2.75, 3.05) is 0 Å². The first-order valence-corrected chi connectivity index (χ1v) is 11.0. The van der Waals surface area contributed by atoms with E-state index in [0.717, 1.165) is 0 Å². The van der Waals surface area contributed by atoms with Crippen LogP contribution in [0.5, 0.6) is 0 Å². The first-order chi connectivity index (χ1) is 15.1. The lowest BCUT2D eigenvalue weighted by Crippen LogP contribution is -2.58. The van der Waals surface area contributed by atoms with E-state index in [1.54, 1.807) is 54.7 Å². The van der Waals surface area contributed by atoms with Crippen molar-refractivity contribution >= 4 is 18.2 Å². The summed E-state index contributed by atoms with van der Waals surface area (Å²) in [4.78, 5) is 30.6. The molecule has 1 N–H and O–H groups in total. The number of esters is 2. The maximum absolute atomic E-state index is 13.1. The van der Waals surface area contributed by atoms with Crippen LogP contribution in [-0.2, 0) is 9.47 Å². The van der Waals surface area contributed by atoms with Gasteiger partial charge < -0.3 is 14.8 Å². The van der Waals surface area contributed by atoms with Crippen molar-refractivity contribution in [1.82, 2.24) is 5.32 Å². The third kappa shape index (κ3) is 4.60. The van der Waals surface area contributed by atoms with Gasteiger partial charge in [0.25, 0.3) is 0 Å². The van der Waals surface area contributed by atoms with Crippen molar-refractivity contribution in [3.05, 3.63) is 71.8 Å². The van der Waals surface area contributed by atoms with Crippen LogP contribution < -0.4 is 5.32 Å². The predicted molar refractivity (Wildman–Crippen MR) is 123 cm³/mol. The van der Waals surface area contributed by atoms with E-state index in [1.807, 2.05) is 26.0 Å². The Bertz CT molecular complexity index is 1020. The number of carbonyl (C=O) groups is 2. The van der Waals surface area contributed by atoms with Gasteiger partial charge in [-0.05, 0) is 52.0 Å². The lowest BCUT2D eigenvalue weighted by molar-refractivity contribution is -0.0310. The van der Waals surface area contributed by atoms with Gasteiger partial charge in [-0.1, -0.05) is 36.4 Å². The largest absolute Gasteiger partial charge is 0.457 e. The minimum Gasteiger partial charge on any atom is -0.457 e. The predicted octanol–water partition coefficient (Wildman–Crippen LogP) is 4.20. The van der Waals surface area contributed by atoms with E-state index in [2.05, 4.69) is 24.2 Å². The standard InChI is InChI=1S/C26H30N2O4/c1-24(2)15-20(31-22(29)18-11-7-5-8-12-18)21(28-24)26(16-25(3,4)27-17-26)32-23(30)19-13-9-6-10-14-19/h5-14,17,20-21,28H,15-16H2,1-4H3. The van der Waals surface area contributed by atoms with Crippen molar-refractivity contribution in [1.29, 1.82) is 0 Å². The molecule has 0 spiro atoms. The molecule has 168 valence electrons. The molecule has 2 aromatic rings. The zero-order chi connectivity index (χ0) is 23.0. The first kappa shape index (κ1) is 22.2. The summed E-state index contributed by atoms with van der Waals surface area (Å²) in [5, 5.41) is 3.57.